The summed E-state index contributed by atoms with van der Waals surface area (Å²) in [4.78, 5) is 33.7. The van der Waals surface area contributed by atoms with E-state index in [0.29, 0.717) is 18.5 Å². The summed E-state index contributed by atoms with van der Waals surface area (Å²) in [5.41, 5.74) is -0.371. The first-order chi connectivity index (χ1) is 11.8. The van der Waals surface area contributed by atoms with Crippen molar-refractivity contribution in [3.8, 4) is 5.69 Å². The van der Waals surface area contributed by atoms with Gasteiger partial charge in [-0.3, -0.25) is 14.9 Å². The number of carboxylic acids is 1. The van der Waals surface area contributed by atoms with E-state index in [1.54, 1.807) is 0 Å². The maximum atomic E-state index is 12.4. The van der Waals surface area contributed by atoms with Gasteiger partial charge in [-0.15, -0.1) is 0 Å². The van der Waals surface area contributed by atoms with Gasteiger partial charge in [0.15, 0.2) is 0 Å². The molecule has 0 radical (unpaired) electrons. The van der Waals surface area contributed by atoms with Crippen molar-refractivity contribution in [2.24, 2.45) is 0 Å². The smallest absolute Gasteiger partial charge is 0.326 e. The zero-order valence-corrected chi connectivity index (χ0v) is 13.9. The molecule has 2 N–H and O–H groups in total. The molecule has 2 rings (SSSR count). The number of nitro benzene ring substituents is 1. The Bertz CT molecular complexity index is 850. The Hall–Kier alpha value is -2.94. The number of nitro groups is 1. The third kappa shape index (κ3) is 4.13. The number of carboxylic acid groups (broad SMARTS) is 1. The molecule has 0 spiro atoms. The van der Waals surface area contributed by atoms with E-state index in [1.807, 2.05) is 6.92 Å². The predicted molar refractivity (Wildman–Crippen MR) is 91.5 cm³/mol. The Kier molecular flexibility index (Phi) is 5.71. The normalized spacial score (nSPS) is 11.8. The van der Waals surface area contributed by atoms with Gasteiger partial charge in [0.05, 0.1) is 22.5 Å². The minimum atomic E-state index is -1.06. The summed E-state index contributed by atoms with van der Waals surface area (Å²) >= 11 is 6.04. The molecule has 1 aromatic heterocycles. The van der Waals surface area contributed by atoms with Gasteiger partial charge in [0.25, 0.3) is 11.2 Å². The molecule has 1 unspecified atom stereocenters. The van der Waals surface area contributed by atoms with Crippen LogP contribution in [0, 0.1) is 10.1 Å². The van der Waals surface area contributed by atoms with Gasteiger partial charge in [-0.05, 0) is 18.6 Å². The van der Waals surface area contributed by atoms with Crippen molar-refractivity contribution in [2.45, 2.75) is 25.8 Å². The van der Waals surface area contributed by atoms with Crippen molar-refractivity contribution < 1.29 is 14.8 Å². The van der Waals surface area contributed by atoms with Gasteiger partial charge in [-0.1, -0.05) is 24.9 Å². The van der Waals surface area contributed by atoms with Gasteiger partial charge < -0.3 is 10.4 Å². The molecular weight excluding hydrogens is 352 g/mol. The van der Waals surface area contributed by atoms with Crippen molar-refractivity contribution in [1.29, 1.82) is 0 Å². The minimum absolute atomic E-state index is 0.116. The molecule has 0 fully saturated rings. The molecule has 132 valence electrons. The highest BCUT2D eigenvalue weighted by atomic mass is 35.5. The average Bonchev–Trinajstić information content (AvgIpc) is 2.58. The van der Waals surface area contributed by atoms with Crippen LogP contribution in [0.4, 0.5) is 11.4 Å². The molecule has 1 aromatic carbocycles. The van der Waals surface area contributed by atoms with Gasteiger partial charge in [0.2, 0.25) is 0 Å². The van der Waals surface area contributed by atoms with Crippen molar-refractivity contribution in [2.75, 3.05) is 5.32 Å². The predicted octanol–water partition coefficient (Wildman–Crippen LogP) is 2.46. The quantitative estimate of drug-likeness (QED) is 0.569. The van der Waals surface area contributed by atoms with Gasteiger partial charge in [0.1, 0.15) is 11.1 Å². The third-order valence-corrected chi connectivity index (χ3v) is 3.79. The van der Waals surface area contributed by atoms with E-state index in [1.165, 1.54) is 30.5 Å². The zero-order valence-electron chi connectivity index (χ0n) is 13.2. The number of hydrogen-bond acceptors (Lipinski definition) is 6. The summed E-state index contributed by atoms with van der Waals surface area (Å²) in [6.07, 6.45) is 2.24. The van der Waals surface area contributed by atoms with Crippen LogP contribution >= 0.6 is 11.6 Å². The molecule has 0 bridgehead atoms. The number of aromatic nitrogens is 2. The van der Waals surface area contributed by atoms with Crippen molar-refractivity contribution >= 4 is 28.9 Å². The van der Waals surface area contributed by atoms with Crippen molar-refractivity contribution in [1.82, 2.24) is 9.78 Å². The second-order valence-electron chi connectivity index (χ2n) is 5.19. The van der Waals surface area contributed by atoms with Crippen LogP contribution in [0.5, 0.6) is 0 Å². The maximum absolute atomic E-state index is 12.4. The van der Waals surface area contributed by atoms with E-state index >= 15 is 0 Å². The molecule has 0 saturated heterocycles. The van der Waals surface area contributed by atoms with E-state index in [9.17, 15) is 19.7 Å². The van der Waals surface area contributed by atoms with Crippen molar-refractivity contribution in [3.63, 3.8) is 0 Å². The van der Waals surface area contributed by atoms with Crippen LogP contribution in [0.1, 0.15) is 19.8 Å². The highest BCUT2D eigenvalue weighted by Gasteiger charge is 2.19. The maximum Gasteiger partial charge on any atom is 0.326 e. The fraction of sp³-hybridized carbons (Fsp3) is 0.267. The molecule has 1 heterocycles. The van der Waals surface area contributed by atoms with Crippen LogP contribution in [0.2, 0.25) is 5.02 Å². The number of hydrogen-bond donors (Lipinski definition) is 2. The van der Waals surface area contributed by atoms with Gasteiger partial charge in [-0.2, -0.15) is 9.78 Å². The van der Waals surface area contributed by atoms with E-state index in [-0.39, 0.29) is 16.4 Å². The summed E-state index contributed by atoms with van der Waals surface area (Å²) in [6.45, 7) is 1.84. The number of carbonyl (C=O) groups is 1. The van der Waals surface area contributed by atoms with Crippen LogP contribution in [-0.2, 0) is 4.79 Å². The molecule has 1 atom stereocenters. The minimum Gasteiger partial charge on any atom is -0.480 e. The molecule has 0 saturated carbocycles. The largest absolute Gasteiger partial charge is 0.480 e. The molecule has 0 aliphatic carbocycles. The average molecular weight is 367 g/mol. The molecule has 25 heavy (non-hydrogen) atoms. The van der Waals surface area contributed by atoms with E-state index in [2.05, 4.69) is 10.4 Å². The number of nitrogens with zero attached hydrogens (tertiary/aromatic N) is 3. The number of anilines is 1. The highest BCUT2D eigenvalue weighted by molar-refractivity contribution is 6.33. The van der Waals surface area contributed by atoms with Crippen LogP contribution < -0.4 is 10.9 Å². The summed E-state index contributed by atoms with van der Waals surface area (Å²) in [6, 6.07) is 4.33. The zero-order chi connectivity index (χ0) is 18.6. The molecular formula is C15H15ClN4O5. The molecule has 10 heteroatoms. The number of rotatable bonds is 7. The molecule has 0 aliphatic heterocycles. The lowest BCUT2D eigenvalue weighted by Crippen LogP contribution is -2.31. The Balaban J connectivity index is 2.35. The Morgan fingerprint density at radius 1 is 1.44 bits per heavy atom. The van der Waals surface area contributed by atoms with Gasteiger partial charge >= 0.3 is 5.97 Å². The number of halogens is 1. The lowest BCUT2D eigenvalue weighted by molar-refractivity contribution is -0.384. The first-order valence-corrected chi connectivity index (χ1v) is 7.75. The topological polar surface area (TPSA) is 127 Å². The fourth-order valence-electron chi connectivity index (χ4n) is 2.17. The second-order valence-corrected chi connectivity index (χ2v) is 5.56. The molecule has 9 nitrogen and oxygen atoms in total. The molecule has 2 aromatic rings. The Morgan fingerprint density at radius 2 is 2.08 bits per heavy atom. The SMILES string of the molecule is CCCC(Nc1cnn(-c2ccc([N+](=O)[O-])cc2)c(=O)c1Cl)C(=O)O. The number of non-ortho nitro benzene ring substituents is 1. The first-order valence-electron chi connectivity index (χ1n) is 7.37. The third-order valence-electron chi connectivity index (χ3n) is 3.43. The first kappa shape index (κ1) is 18.4. The van der Waals surface area contributed by atoms with Gasteiger partial charge in [-0.25, -0.2) is 4.79 Å². The summed E-state index contributed by atoms with van der Waals surface area (Å²) in [7, 11) is 0. The highest BCUT2D eigenvalue weighted by Crippen LogP contribution is 2.20. The van der Waals surface area contributed by atoms with Crippen LogP contribution in [0.3, 0.4) is 0 Å². The summed E-state index contributed by atoms with van der Waals surface area (Å²) < 4.78 is 0.979. The lowest BCUT2D eigenvalue weighted by atomic mass is 10.1. The van der Waals surface area contributed by atoms with E-state index in [4.69, 9.17) is 16.7 Å². The molecule has 0 amide bonds. The lowest BCUT2D eigenvalue weighted by Gasteiger charge is -2.16. The van der Waals surface area contributed by atoms with E-state index < -0.39 is 22.5 Å². The summed E-state index contributed by atoms with van der Waals surface area (Å²) in [5, 5.41) is 26.3. The fourth-order valence-corrected chi connectivity index (χ4v) is 2.35. The van der Waals surface area contributed by atoms with E-state index in [0.717, 1.165) is 4.68 Å². The van der Waals surface area contributed by atoms with Crippen LogP contribution in [-0.4, -0.2) is 31.8 Å². The number of benzene rings is 1. The van der Waals surface area contributed by atoms with Gasteiger partial charge in [0, 0.05) is 12.1 Å². The molecule has 0 aliphatic rings. The Labute approximate surface area is 147 Å². The monoisotopic (exact) mass is 366 g/mol. The van der Waals surface area contributed by atoms with Crippen molar-refractivity contribution in [3.05, 3.63) is 56.0 Å². The second kappa shape index (κ2) is 7.75. The Morgan fingerprint density at radius 3 is 2.60 bits per heavy atom. The van der Waals surface area contributed by atoms with Crippen LogP contribution in [0.25, 0.3) is 5.69 Å². The van der Waals surface area contributed by atoms with Crippen LogP contribution in [0.15, 0.2) is 35.3 Å². The standard InChI is InChI=1S/C15H15ClN4O5/c1-2-3-11(15(22)23)18-12-8-17-19(14(21)13(12)16)9-4-6-10(7-5-9)20(24)25/h4-8,11,18H,2-3H2,1H3,(H,22,23). The number of aliphatic carboxylic acids is 1. The summed E-state index contributed by atoms with van der Waals surface area (Å²) in [5.74, 6) is -1.06. The number of nitrogens with one attached hydrogen (secondary N) is 1.